The summed E-state index contributed by atoms with van der Waals surface area (Å²) in [5.74, 6) is 0.829. The van der Waals surface area contributed by atoms with Crippen molar-refractivity contribution in [2.24, 2.45) is 7.05 Å². The van der Waals surface area contributed by atoms with Crippen molar-refractivity contribution in [3.8, 4) is 0 Å². The van der Waals surface area contributed by atoms with E-state index < -0.39 is 0 Å². The van der Waals surface area contributed by atoms with Crippen LogP contribution in [0.2, 0.25) is 0 Å². The molecule has 0 radical (unpaired) electrons. The van der Waals surface area contributed by atoms with Crippen molar-refractivity contribution in [1.29, 1.82) is 0 Å². The van der Waals surface area contributed by atoms with Crippen LogP contribution in [0.4, 0.5) is 4.39 Å². The highest BCUT2D eigenvalue weighted by molar-refractivity contribution is 4.81. The lowest BCUT2D eigenvalue weighted by molar-refractivity contribution is 0.459. The van der Waals surface area contributed by atoms with Crippen molar-refractivity contribution in [2.75, 3.05) is 19.8 Å². The number of hydrogen-bond acceptors (Lipinski definition) is 3. The van der Waals surface area contributed by atoms with Crippen molar-refractivity contribution >= 4 is 0 Å². The lowest BCUT2D eigenvalue weighted by Gasteiger charge is -1.99. The zero-order valence-corrected chi connectivity index (χ0v) is 7.83. The van der Waals surface area contributed by atoms with Crippen LogP contribution in [0.3, 0.4) is 0 Å². The van der Waals surface area contributed by atoms with E-state index in [-0.39, 0.29) is 6.67 Å². The maximum absolute atomic E-state index is 11.7. The standard InChI is InChI=1S/C8H15FN4/c1-13-7-11-8(12-13)3-6-10-5-2-4-9/h7,10H,2-6H2,1H3. The van der Waals surface area contributed by atoms with Crippen molar-refractivity contribution in [3.63, 3.8) is 0 Å². The SMILES string of the molecule is Cn1cnc(CCNCCCF)n1. The molecule has 13 heavy (non-hydrogen) atoms. The van der Waals surface area contributed by atoms with E-state index in [1.165, 1.54) is 0 Å². The van der Waals surface area contributed by atoms with Crippen LogP contribution in [0.5, 0.6) is 0 Å². The second-order valence-corrected chi connectivity index (χ2v) is 2.88. The zero-order chi connectivity index (χ0) is 9.52. The van der Waals surface area contributed by atoms with Gasteiger partial charge in [0.2, 0.25) is 0 Å². The molecule has 0 aromatic carbocycles. The van der Waals surface area contributed by atoms with E-state index >= 15 is 0 Å². The first-order valence-electron chi connectivity index (χ1n) is 4.44. The Bertz CT molecular complexity index is 236. The van der Waals surface area contributed by atoms with Gasteiger partial charge in [-0.05, 0) is 13.0 Å². The third-order valence-electron chi connectivity index (χ3n) is 1.66. The van der Waals surface area contributed by atoms with Crippen molar-refractivity contribution < 1.29 is 4.39 Å². The fourth-order valence-electron chi connectivity index (χ4n) is 1.02. The van der Waals surface area contributed by atoms with Gasteiger partial charge in [0.15, 0.2) is 5.82 Å². The summed E-state index contributed by atoms with van der Waals surface area (Å²) in [5.41, 5.74) is 0. The van der Waals surface area contributed by atoms with Crippen LogP contribution in [0.1, 0.15) is 12.2 Å². The minimum absolute atomic E-state index is 0.255. The Hall–Kier alpha value is -0.970. The first kappa shape index (κ1) is 10.1. The average Bonchev–Trinajstić information content (AvgIpc) is 2.51. The number of nitrogens with one attached hydrogen (secondary N) is 1. The predicted molar refractivity (Wildman–Crippen MR) is 48.2 cm³/mol. The molecule has 1 rings (SSSR count). The van der Waals surface area contributed by atoms with Gasteiger partial charge in [-0.2, -0.15) is 5.10 Å². The summed E-state index contributed by atoms with van der Waals surface area (Å²) in [5, 5.41) is 7.23. The predicted octanol–water partition coefficient (Wildman–Crippen LogP) is 0.307. The van der Waals surface area contributed by atoms with Crippen LogP contribution in [-0.2, 0) is 13.5 Å². The third-order valence-corrected chi connectivity index (χ3v) is 1.66. The van der Waals surface area contributed by atoms with E-state index in [2.05, 4.69) is 15.4 Å². The molecule has 1 heterocycles. The zero-order valence-electron chi connectivity index (χ0n) is 7.83. The topological polar surface area (TPSA) is 42.7 Å². The Morgan fingerprint density at radius 1 is 1.54 bits per heavy atom. The van der Waals surface area contributed by atoms with E-state index in [4.69, 9.17) is 0 Å². The first-order valence-corrected chi connectivity index (χ1v) is 4.44. The van der Waals surface area contributed by atoms with E-state index in [1.54, 1.807) is 11.0 Å². The summed E-state index contributed by atoms with van der Waals surface area (Å²) in [4.78, 5) is 4.07. The second-order valence-electron chi connectivity index (χ2n) is 2.88. The fraction of sp³-hybridized carbons (Fsp3) is 0.750. The molecule has 0 atom stereocenters. The van der Waals surface area contributed by atoms with Gasteiger partial charge in [-0.25, -0.2) is 4.98 Å². The van der Waals surface area contributed by atoms with Gasteiger partial charge in [-0.15, -0.1) is 0 Å². The minimum Gasteiger partial charge on any atom is -0.316 e. The summed E-state index contributed by atoms with van der Waals surface area (Å²) < 4.78 is 13.4. The van der Waals surface area contributed by atoms with Gasteiger partial charge in [0.05, 0.1) is 6.67 Å². The number of aryl methyl sites for hydroxylation is 1. The Morgan fingerprint density at radius 2 is 2.38 bits per heavy atom. The first-order chi connectivity index (χ1) is 6.33. The van der Waals surface area contributed by atoms with Crippen LogP contribution < -0.4 is 5.32 Å². The summed E-state index contributed by atoms with van der Waals surface area (Å²) in [6.45, 7) is 1.28. The smallest absolute Gasteiger partial charge is 0.151 e. The van der Waals surface area contributed by atoms with Crippen LogP contribution in [0, 0.1) is 0 Å². The molecular weight excluding hydrogens is 171 g/mol. The molecule has 0 aliphatic heterocycles. The highest BCUT2D eigenvalue weighted by Gasteiger charge is 1.96. The highest BCUT2D eigenvalue weighted by atomic mass is 19.1. The van der Waals surface area contributed by atoms with Crippen LogP contribution in [-0.4, -0.2) is 34.5 Å². The van der Waals surface area contributed by atoms with Gasteiger partial charge < -0.3 is 5.32 Å². The Morgan fingerprint density at radius 3 is 3.00 bits per heavy atom. The molecule has 1 N–H and O–H groups in total. The van der Waals surface area contributed by atoms with Gasteiger partial charge in [0, 0.05) is 20.0 Å². The van der Waals surface area contributed by atoms with Crippen LogP contribution in [0.25, 0.3) is 0 Å². The molecule has 0 spiro atoms. The van der Waals surface area contributed by atoms with Crippen molar-refractivity contribution in [2.45, 2.75) is 12.8 Å². The fourth-order valence-corrected chi connectivity index (χ4v) is 1.02. The summed E-state index contributed by atoms with van der Waals surface area (Å²) in [6.07, 6.45) is 3.06. The molecule has 0 bridgehead atoms. The molecule has 4 nitrogen and oxygen atoms in total. The Kier molecular flexibility index (Phi) is 4.39. The summed E-state index contributed by atoms with van der Waals surface area (Å²) in [7, 11) is 1.84. The molecule has 1 aromatic rings. The Balaban J connectivity index is 2.06. The molecule has 0 unspecified atom stereocenters. The van der Waals surface area contributed by atoms with Crippen molar-refractivity contribution in [3.05, 3.63) is 12.2 Å². The molecule has 0 amide bonds. The maximum Gasteiger partial charge on any atom is 0.151 e. The molecule has 1 aromatic heterocycles. The van der Waals surface area contributed by atoms with E-state index in [1.807, 2.05) is 7.05 Å². The van der Waals surface area contributed by atoms with Crippen molar-refractivity contribution in [1.82, 2.24) is 20.1 Å². The summed E-state index contributed by atoms with van der Waals surface area (Å²) in [6, 6.07) is 0. The van der Waals surface area contributed by atoms with Gasteiger partial charge in [0.1, 0.15) is 6.33 Å². The lowest BCUT2D eigenvalue weighted by atomic mass is 10.4. The van der Waals surface area contributed by atoms with Gasteiger partial charge in [-0.3, -0.25) is 9.07 Å². The van der Waals surface area contributed by atoms with Crippen LogP contribution >= 0.6 is 0 Å². The molecule has 0 saturated heterocycles. The third kappa shape index (κ3) is 3.98. The van der Waals surface area contributed by atoms with E-state index in [9.17, 15) is 4.39 Å². The normalized spacial score (nSPS) is 10.6. The Labute approximate surface area is 77.2 Å². The molecule has 5 heteroatoms. The van der Waals surface area contributed by atoms with Gasteiger partial charge in [-0.1, -0.05) is 0 Å². The number of hydrogen-bond donors (Lipinski definition) is 1. The van der Waals surface area contributed by atoms with E-state index in [0.717, 1.165) is 25.3 Å². The number of aromatic nitrogens is 3. The number of halogens is 1. The maximum atomic E-state index is 11.7. The molecule has 74 valence electrons. The molecule has 0 aliphatic carbocycles. The highest BCUT2D eigenvalue weighted by Crippen LogP contribution is 1.88. The van der Waals surface area contributed by atoms with Gasteiger partial charge >= 0.3 is 0 Å². The second kappa shape index (κ2) is 5.64. The average molecular weight is 186 g/mol. The monoisotopic (exact) mass is 186 g/mol. The number of rotatable bonds is 6. The number of alkyl halides is 1. The molecular formula is C8H15FN4. The molecule has 0 aliphatic rings. The molecule has 0 fully saturated rings. The van der Waals surface area contributed by atoms with Crippen LogP contribution in [0.15, 0.2) is 6.33 Å². The minimum atomic E-state index is -0.255. The summed E-state index contributed by atoms with van der Waals surface area (Å²) >= 11 is 0. The lowest BCUT2D eigenvalue weighted by Crippen LogP contribution is -2.19. The van der Waals surface area contributed by atoms with Gasteiger partial charge in [0.25, 0.3) is 0 Å². The number of nitrogens with zero attached hydrogens (tertiary/aromatic N) is 3. The molecule has 0 saturated carbocycles. The quantitative estimate of drug-likeness (QED) is 0.650. The largest absolute Gasteiger partial charge is 0.316 e. The van der Waals surface area contributed by atoms with E-state index in [0.29, 0.717) is 6.42 Å².